The molecule has 0 radical (unpaired) electrons. The van der Waals surface area contributed by atoms with Gasteiger partial charge in [0, 0.05) is 11.1 Å². The fourth-order valence-electron chi connectivity index (χ4n) is 3.14. The number of nitrogens with two attached hydrogens (primary N) is 1. The number of aryl methyl sites for hydroxylation is 2. The van der Waals surface area contributed by atoms with Crippen LogP contribution in [0.5, 0.6) is 0 Å². The standard InChI is InChI=1S/C17H19N5OS2/c1-3-12-21-22-17(24-12)20-15(23)14-13(18)10-7-9-6-8(2)4-5-11(9)19-16(10)25-14/h7-8H,3-6,18H2,1-2H3,(H,20,22,23). The lowest BCUT2D eigenvalue weighted by Crippen LogP contribution is -2.12. The number of anilines is 2. The predicted molar refractivity (Wildman–Crippen MR) is 102 cm³/mol. The summed E-state index contributed by atoms with van der Waals surface area (Å²) in [6.07, 6.45) is 3.99. The number of rotatable bonds is 3. The van der Waals surface area contributed by atoms with Crippen molar-refractivity contribution in [3.63, 3.8) is 0 Å². The first kappa shape index (κ1) is 16.4. The summed E-state index contributed by atoms with van der Waals surface area (Å²) in [5, 5.41) is 13.1. The molecule has 0 bridgehead atoms. The number of hydrogen-bond acceptors (Lipinski definition) is 7. The first-order chi connectivity index (χ1) is 12.0. The summed E-state index contributed by atoms with van der Waals surface area (Å²) in [5.41, 5.74) is 9.19. The molecule has 130 valence electrons. The summed E-state index contributed by atoms with van der Waals surface area (Å²) in [5.74, 6) is 0.421. The molecule has 3 heterocycles. The Hall–Kier alpha value is -2.06. The Labute approximate surface area is 153 Å². The molecule has 1 aliphatic rings. The van der Waals surface area contributed by atoms with Gasteiger partial charge in [0.2, 0.25) is 5.13 Å². The monoisotopic (exact) mass is 373 g/mol. The number of nitrogen functional groups attached to an aromatic ring is 1. The van der Waals surface area contributed by atoms with Crippen LogP contribution >= 0.6 is 22.7 Å². The largest absolute Gasteiger partial charge is 0.397 e. The second-order valence-electron chi connectivity index (χ2n) is 6.45. The van der Waals surface area contributed by atoms with E-state index in [2.05, 4.69) is 28.5 Å². The lowest BCUT2D eigenvalue weighted by atomic mass is 9.87. The van der Waals surface area contributed by atoms with Crippen LogP contribution < -0.4 is 11.1 Å². The van der Waals surface area contributed by atoms with E-state index in [0.29, 0.717) is 21.6 Å². The van der Waals surface area contributed by atoms with Gasteiger partial charge in [-0.25, -0.2) is 4.98 Å². The summed E-state index contributed by atoms with van der Waals surface area (Å²) in [4.78, 5) is 18.7. The molecule has 3 aromatic heterocycles. The number of pyridine rings is 1. The minimum atomic E-state index is -0.245. The zero-order valence-electron chi connectivity index (χ0n) is 14.1. The summed E-state index contributed by atoms with van der Waals surface area (Å²) in [7, 11) is 0. The fraction of sp³-hybridized carbons (Fsp3) is 0.412. The number of hydrogen-bond donors (Lipinski definition) is 2. The maximum Gasteiger partial charge on any atom is 0.269 e. The predicted octanol–water partition coefficient (Wildman–Crippen LogP) is 3.67. The highest BCUT2D eigenvalue weighted by atomic mass is 32.1. The molecule has 1 amide bonds. The van der Waals surface area contributed by atoms with E-state index in [1.165, 1.54) is 28.2 Å². The summed E-state index contributed by atoms with van der Waals surface area (Å²) in [6.45, 7) is 4.26. The Bertz CT molecular complexity index is 962. The number of carbonyl (C=O) groups excluding carboxylic acids is 1. The molecule has 6 nitrogen and oxygen atoms in total. The summed E-state index contributed by atoms with van der Waals surface area (Å²) < 4.78 is 0. The van der Waals surface area contributed by atoms with Crippen molar-refractivity contribution in [2.45, 2.75) is 39.5 Å². The van der Waals surface area contributed by atoms with Crippen LogP contribution in [0.4, 0.5) is 10.8 Å². The van der Waals surface area contributed by atoms with Crippen molar-refractivity contribution >= 4 is 49.6 Å². The molecular formula is C17H19N5OS2. The molecule has 1 aliphatic carbocycles. The van der Waals surface area contributed by atoms with Crippen LogP contribution in [0, 0.1) is 5.92 Å². The minimum Gasteiger partial charge on any atom is -0.397 e. The third-order valence-electron chi connectivity index (χ3n) is 4.53. The molecule has 0 aliphatic heterocycles. The maximum atomic E-state index is 12.6. The van der Waals surface area contributed by atoms with Gasteiger partial charge in [-0.2, -0.15) is 0 Å². The second-order valence-corrected chi connectivity index (χ2v) is 8.51. The third-order valence-corrected chi connectivity index (χ3v) is 6.62. The van der Waals surface area contributed by atoms with Crippen LogP contribution in [-0.4, -0.2) is 21.1 Å². The van der Waals surface area contributed by atoms with Crippen LogP contribution in [-0.2, 0) is 19.3 Å². The molecular weight excluding hydrogens is 354 g/mol. The molecule has 8 heteroatoms. The second kappa shape index (κ2) is 6.34. The number of amides is 1. The molecule has 0 saturated heterocycles. The number of nitrogens with one attached hydrogen (secondary N) is 1. The lowest BCUT2D eigenvalue weighted by molar-refractivity contribution is 0.103. The number of nitrogens with zero attached hydrogens (tertiary/aromatic N) is 3. The van der Waals surface area contributed by atoms with E-state index in [1.807, 2.05) is 6.92 Å². The van der Waals surface area contributed by atoms with Crippen molar-refractivity contribution in [1.29, 1.82) is 0 Å². The summed E-state index contributed by atoms with van der Waals surface area (Å²) >= 11 is 2.73. The molecule has 0 spiro atoms. The van der Waals surface area contributed by atoms with Crippen molar-refractivity contribution in [3.05, 3.63) is 27.2 Å². The molecule has 0 saturated carbocycles. The van der Waals surface area contributed by atoms with Crippen molar-refractivity contribution in [2.75, 3.05) is 11.1 Å². The van der Waals surface area contributed by atoms with E-state index in [-0.39, 0.29) is 5.91 Å². The van der Waals surface area contributed by atoms with Gasteiger partial charge in [0.05, 0.1) is 5.69 Å². The number of aromatic nitrogens is 3. The van der Waals surface area contributed by atoms with Crippen molar-refractivity contribution in [1.82, 2.24) is 15.2 Å². The SMILES string of the molecule is CCc1nnc(NC(=O)c2sc3nc4c(cc3c2N)CC(C)CC4)s1. The Morgan fingerprint density at radius 3 is 3.00 bits per heavy atom. The van der Waals surface area contributed by atoms with Crippen LogP contribution in [0.25, 0.3) is 10.2 Å². The number of fused-ring (bicyclic) bond motifs is 2. The normalized spacial score (nSPS) is 16.8. The third kappa shape index (κ3) is 3.00. The smallest absolute Gasteiger partial charge is 0.269 e. The molecule has 1 atom stereocenters. The highest BCUT2D eigenvalue weighted by molar-refractivity contribution is 7.21. The fourth-order valence-corrected chi connectivity index (χ4v) is 4.81. The average Bonchev–Trinajstić information content (AvgIpc) is 3.18. The topological polar surface area (TPSA) is 93.8 Å². The van der Waals surface area contributed by atoms with Gasteiger partial charge < -0.3 is 5.73 Å². The Kier molecular flexibility index (Phi) is 4.16. The van der Waals surface area contributed by atoms with Gasteiger partial charge >= 0.3 is 0 Å². The van der Waals surface area contributed by atoms with E-state index in [1.54, 1.807) is 0 Å². The van der Waals surface area contributed by atoms with Gasteiger partial charge in [-0.05, 0) is 43.2 Å². The van der Waals surface area contributed by atoms with Crippen LogP contribution in [0.3, 0.4) is 0 Å². The first-order valence-electron chi connectivity index (χ1n) is 8.39. The van der Waals surface area contributed by atoms with Gasteiger partial charge in [0.1, 0.15) is 14.7 Å². The Morgan fingerprint density at radius 1 is 1.40 bits per heavy atom. The van der Waals surface area contributed by atoms with Crippen LogP contribution in [0.2, 0.25) is 0 Å². The highest BCUT2D eigenvalue weighted by Crippen LogP contribution is 2.36. The average molecular weight is 374 g/mol. The van der Waals surface area contributed by atoms with Crippen molar-refractivity contribution < 1.29 is 4.79 Å². The van der Waals surface area contributed by atoms with E-state index in [0.717, 1.165) is 46.6 Å². The molecule has 4 rings (SSSR count). The van der Waals surface area contributed by atoms with Crippen LogP contribution in [0.15, 0.2) is 6.07 Å². The zero-order valence-corrected chi connectivity index (χ0v) is 15.8. The van der Waals surface area contributed by atoms with Gasteiger partial charge in [0.15, 0.2) is 0 Å². The minimum absolute atomic E-state index is 0.245. The molecule has 0 aromatic carbocycles. The van der Waals surface area contributed by atoms with Crippen molar-refractivity contribution in [2.24, 2.45) is 5.92 Å². The Balaban J connectivity index is 1.67. The van der Waals surface area contributed by atoms with Crippen molar-refractivity contribution in [3.8, 4) is 0 Å². The van der Waals surface area contributed by atoms with Gasteiger partial charge in [0.25, 0.3) is 5.91 Å². The van der Waals surface area contributed by atoms with E-state index in [4.69, 9.17) is 10.7 Å². The van der Waals surface area contributed by atoms with E-state index < -0.39 is 0 Å². The van der Waals surface area contributed by atoms with E-state index >= 15 is 0 Å². The lowest BCUT2D eigenvalue weighted by Gasteiger charge is -2.20. The molecule has 3 N–H and O–H groups in total. The maximum absolute atomic E-state index is 12.6. The molecule has 3 aromatic rings. The number of thiophene rings is 1. The Morgan fingerprint density at radius 2 is 2.24 bits per heavy atom. The molecule has 1 unspecified atom stereocenters. The highest BCUT2D eigenvalue weighted by Gasteiger charge is 2.22. The van der Waals surface area contributed by atoms with E-state index in [9.17, 15) is 4.79 Å². The van der Waals surface area contributed by atoms with Gasteiger partial charge in [-0.15, -0.1) is 21.5 Å². The van der Waals surface area contributed by atoms with Crippen LogP contribution in [0.1, 0.15) is 46.2 Å². The molecule has 25 heavy (non-hydrogen) atoms. The zero-order chi connectivity index (χ0) is 17.6. The summed E-state index contributed by atoms with van der Waals surface area (Å²) in [6, 6.07) is 2.12. The number of carbonyl (C=O) groups is 1. The quantitative estimate of drug-likeness (QED) is 0.730. The molecule has 0 fully saturated rings. The first-order valence-corrected chi connectivity index (χ1v) is 10.0. The van der Waals surface area contributed by atoms with Gasteiger partial charge in [-0.3, -0.25) is 10.1 Å². The van der Waals surface area contributed by atoms with Gasteiger partial charge in [-0.1, -0.05) is 25.2 Å².